The van der Waals surface area contributed by atoms with Gasteiger partial charge in [-0.15, -0.1) is 0 Å². The number of nitrogen functional groups attached to an aromatic ring is 1. The molecular formula is C16H13NO3. The monoisotopic (exact) mass is 267 g/mol. The molecule has 0 aliphatic rings. The molecule has 0 radical (unpaired) electrons. The summed E-state index contributed by atoms with van der Waals surface area (Å²) in [5.74, 6) is -1.17. The van der Waals surface area contributed by atoms with Gasteiger partial charge in [0.25, 0.3) is 0 Å². The van der Waals surface area contributed by atoms with E-state index in [1.165, 1.54) is 18.2 Å². The van der Waals surface area contributed by atoms with E-state index in [0.717, 1.165) is 5.56 Å². The van der Waals surface area contributed by atoms with Gasteiger partial charge in [-0.1, -0.05) is 30.3 Å². The van der Waals surface area contributed by atoms with Crippen LogP contribution in [0.25, 0.3) is 6.08 Å². The average molecular weight is 267 g/mol. The third-order valence-corrected chi connectivity index (χ3v) is 2.81. The van der Waals surface area contributed by atoms with Crippen molar-refractivity contribution in [2.75, 3.05) is 5.73 Å². The number of nitrogens with two attached hydrogens (primary N) is 1. The van der Waals surface area contributed by atoms with Crippen LogP contribution < -0.4 is 5.73 Å². The molecule has 0 unspecified atom stereocenters. The van der Waals surface area contributed by atoms with E-state index in [0.29, 0.717) is 11.3 Å². The lowest BCUT2D eigenvalue weighted by Gasteiger charge is -2.00. The Labute approximate surface area is 116 Å². The van der Waals surface area contributed by atoms with E-state index in [4.69, 9.17) is 10.8 Å². The molecule has 0 saturated carbocycles. The van der Waals surface area contributed by atoms with Crippen LogP contribution in [-0.2, 0) is 0 Å². The van der Waals surface area contributed by atoms with Crippen molar-refractivity contribution in [1.82, 2.24) is 0 Å². The number of para-hydroxylation sites is 1. The predicted octanol–water partition coefficient (Wildman–Crippen LogP) is 2.86. The van der Waals surface area contributed by atoms with Crippen LogP contribution in [0.1, 0.15) is 26.3 Å². The number of anilines is 1. The summed E-state index contributed by atoms with van der Waals surface area (Å²) >= 11 is 0. The first kappa shape index (κ1) is 13.5. The van der Waals surface area contributed by atoms with E-state index in [9.17, 15) is 9.59 Å². The lowest BCUT2D eigenvalue weighted by atomic mass is 10.1. The molecule has 100 valence electrons. The molecule has 4 heteroatoms. The van der Waals surface area contributed by atoms with Crippen LogP contribution in [0.2, 0.25) is 0 Å². The summed E-state index contributed by atoms with van der Waals surface area (Å²) in [6.45, 7) is 0. The highest BCUT2D eigenvalue weighted by atomic mass is 16.4. The molecule has 0 bridgehead atoms. The molecule has 20 heavy (non-hydrogen) atoms. The normalized spacial score (nSPS) is 10.6. The summed E-state index contributed by atoms with van der Waals surface area (Å²) in [5, 5.41) is 8.79. The van der Waals surface area contributed by atoms with Crippen molar-refractivity contribution in [3.63, 3.8) is 0 Å². The summed E-state index contributed by atoms with van der Waals surface area (Å²) in [5.41, 5.74) is 7.56. The fourth-order valence-electron chi connectivity index (χ4n) is 1.72. The maximum Gasteiger partial charge on any atom is 0.335 e. The van der Waals surface area contributed by atoms with E-state index in [-0.39, 0.29) is 11.3 Å². The third kappa shape index (κ3) is 3.11. The van der Waals surface area contributed by atoms with E-state index >= 15 is 0 Å². The molecule has 0 aliphatic heterocycles. The largest absolute Gasteiger partial charge is 0.478 e. The van der Waals surface area contributed by atoms with Crippen molar-refractivity contribution in [3.05, 3.63) is 71.3 Å². The quantitative estimate of drug-likeness (QED) is 0.507. The highest BCUT2D eigenvalue weighted by Crippen LogP contribution is 2.13. The van der Waals surface area contributed by atoms with Gasteiger partial charge >= 0.3 is 5.97 Å². The number of ketones is 1. The molecule has 0 amide bonds. The minimum Gasteiger partial charge on any atom is -0.478 e. The van der Waals surface area contributed by atoms with E-state index in [2.05, 4.69) is 0 Å². The summed E-state index contributed by atoms with van der Waals surface area (Å²) < 4.78 is 0. The second kappa shape index (κ2) is 5.84. The molecule has 0 aliphatic carbocycles. The van der Waals surface area contributed by atoms with E-state index < -0.39 is 5.97 Å². The molecule has 4 nitrogen and oxygen atoms in total. The maximum absolute atomic E-state index is 12.0. The molecule has 3 N–H and O–H groups in total. The second-order valence-electron chi connectivity index (χ2n) is 4.21. The number of allylic oxidation sites excluding steroid dienone is 1. The van der Waals surface area contributed by atoms with Gasteiger partial charge in [0, 0.05) is 11.3 Å². The second-order valence-corrected chi connectivity index (χ2v) is 4.21. The molecule has 2 aromatic carbocycles. The number of aromatic carboxylic acids is 1. The molecule has 0 aromatic heterocycles. The number of benzene rings is 2. The van der Waals surface area contributed by atoms with Crippen LogP contribution in [-0.4, -0.2) is 16.9 Å². The molecule has 0 atom stereocenters. The number of hydrogen-bond acceptors (Lipinski definition) is 3. The van der Waals surface area contributed by atoms with Gasteiger partial charge in [-0.2, -0.15) is 0 Å². The Morgan fingerprint density at radius 1 is 1.00 bits per heavy atom. The van der Waals surface area contributed by atoms with Gasteiger partial charge in [-0.25, -0.2) is 4.79 Å². The van der Waals surface area contributed by atoms with Crippen LogP contribution in [0.3, 0.4) is 0 Å². The van der Waals surface area contributed by atoms with Crippen molar-refractivity contribution in [1.29, 1.82) is 0 Å². The zero-order valence-electron chi connectivity index (χ0n) is 10.6. The van der Waals surface area contributed by atoms with Crippen LogP contribution in [0.15, 0.2) is 54.6 Å². The fraction of sp³-hybridized carbons (Fsp3) is 0. The van der Waals surface area contributed by atoms with Gasteiger partial charge in [0.2, 0.25) is 0 Å². The number of carbonyl (C=O) groups excluding carboxylic acids is 1. The fourth-order valence-corrected chi connectivity index (χ4v) is 1.72. The molecule has 0 saturated heterocycles. The number of carboxylic acid groups (broad SMARTS) is 1. The standard InChI is InChI=1S/C16H13NO3/c17-14-4-2-1-3-13(14)15(18)10-7-11-5-8-12(9-6-11)16(19)20/h1-10H,17H2,(H,19,20). The summed E-state index contributed by atoms with van der Waals surface area (Å²) in [6, 6.07) is 13.1. The number of rotatable bonds is 4. The zero-order valence-corrected chi connectivity index (χ0v) is 10.6. The number of hydrogen-bond donors (Lipinski definition) is 2. The Balaban J connectivity index is 2.15. The first-order chi connectivity index (χ1) is 9.58. The van der Waals surface area contributed by atoms with E-state index in [1.807, 2.05) is 0 Å². The van der Waals surface area contributed by atoms with Crippen molar-refractivity contribution in [2.45, 2.75) is 0 Å². The number of carbonyl (C=O) groups is 2. The van der Waals surface area contributed by atoms with Crippen molar-refractivity contribution in [2.24, 2.45) is 0 Å². The minimum absolute atomic E-state index is 0.189. The molecule has 2 rings (SSSR count). The molecule has 0 spiro atoms. The Hall–Kier alpha value is -2.88. The van der Waals surface area contributed by atoms with Gasteiger partial charge in [-0.05, 0) is 35.9 Å². The first-order valence-electron chi connectivity index (χ1n) is 5.98. The van der Waals surface area contributed by atoms with Gasteiger partial charge < -0.3 is 10.8 Å². The Morgan fingerprint density at radius 3 is 2.25 bits per heavy atom. The number of carboxylic acids is 1. The molecule has 0 fully saturated rings. The van der Waals surface area contributed by atoms with Crippen LogP contribution >= 0.6 is 0 Å². The average Bonchev–Trinajstić information content (AvgIpc) is 2.45. The smallest absolute Gasteiger partial charge is 0.335 e. The lowest BCUT2D eigenvalue weighted by molar-refractivity contribution is 0.0696. The van der Waals surface area contributed by atoms with Gasteiger partial charge in [0.1, 0.15) is 0 Å². The highest BCUT2D eigenvalue weighted by Gasteiger charge is 2.05. The van der Waals surface area contributed by atoms with Crippen LogP contribution in [0, 0.1) is 0 Å². The third-order valence-electron chi connectivity index (χ3n) is 2.81. The Morgan fingerprint density at radius 2 is 1.65 bits per heavy atom. The van der Waals surface area contributed by atoms with Crippen molar-refractivity contribution in [3.8, 4) is 0 Å². The minimum atomic E-state index is -0.978. The molecular weight excluding hydrogens is 254 g/mol. The SMILES string of the molecule is Nc1ccccc1C(=O)C=Cc1ccc(C(=O)O)cc1. The molecule has 0 heterocycles. The highest BCUT2D eigenvalue weighted by molar-refractivity contribution is 6.10. The van der Waals surface area contributed by atoms with Gasteiger partial charge in [0.05, 0.1) is 5.56 Å². The topological polar surface area (TPSA) is 80.4 Å². The predicted molar refractivity (Wildman–Crippen MR) is 77.6 cm³/mol. The summed E-state index contributed by atoms with van der Waals surface area (Å²) in [6.07, 6.45) is 3.04. The van der Waals surface area contributed by atoms with Crippen LogP contribution in [0.4, 0.5) is 5.69 Å². The Bertz CT molecular complexity index is 672. The first-order valence-corrected chi connectivity index (χ1v) is 5.98. The van der Waals surface area contributed by atoms with Gasteiger partial charge in [-0.3, -0.25) is 4.79 Å². The van der Waals surface area contributed by atoms with Crippen LogP contribution in [0.5, 0.6) is 0 Å². The van der Waals surface area contributed by atoms with Gasteiger partial charge in [0.15, 0.2) is 5.78 Å². The maximum atomic E-state index is 12.0. The molecule has 2 aromatic rings. The Kier molecular flexibility index (Phi) is 3.96. The summed E-state index contributed by atoms with van der Waals surface area (Å²) in [7, 11) is 0. The van der Waals surface area contributed by atoms with Crippen molar-refractivity contribution < 1.29 is 14.7 Å². The summed E-state index contributed by atoms with van der Waals surface area (Å²) in [4.78, 5) is 22.7. The zero-order chi connectivity index (χ0) is 14.5. The van der Waals surface area contributed by atoms with Crippen molar-refractivity contribution >= 4 is 23.5 Å². The lowest BCUT2D eigenvalue weighted by Crippen LogP contribution is -2.00. The van der Waals surface area contributed by atoms with E-state index in [1.54, 1.807) is 42.5 Å².